The molecule has 0 saturated heterocycles. The molecule has 0 saturated carbocycles. The van der Waals surface area contributed by atoms with E-state index in [0.29, 0.717) is 34.2 Å². The number of rotatable bonds is 6. The molecule has 0 bridgehead atoms. The molecule has 176 valence electrons. The summed E-state index contributed by atoms with van der Waals surface area (Å²) in [6.07, 6.45) is 0. The summed E-state index contributed by atoms with van der Waals surface area (Å²) in [5, 5.41) is 0.179. The van der Waals surface area contributed by atoms with Gasteiger partial charge in [0.05, 0.1) is 33.3 Å². The average molecular weight is 470 g/mol. The highest BCUT2D eigenvalue weighted by Gasteiger charge is 2.19. The van der Waals surface area contributed by atoms with Gasteiger partial charge in [-0.1, -0.05) is 12.1 Å². The number of hydrogen-bond donors (Lipinski definition) is 0. The van der Waals surface area contributed by atoms with E-state index in [2.05, 4.69) is 4.98 Å². The summed E-state index contributed by atoms with van der Waals surface area (Å²) in [4.78, 5) is 31.7. The summed E-state index contributed by atoms with van der Waals surface area (Å²) in [6, 6.07) is 19.4. The maximum absolute atomic E-state index is 13.7. The zero-order valence-corrected chi connectivity index (χ0v) is 19.4. The van der Waals surface area contributed by atoms with Crippen LogP contribution in [0.1, 0.15) is 5.56 Å². The van der Waals surface area contributed by atoms with Crippen LogP contribution < -0.4 is 25.2 Å². The molecule has 5 aromatic rings. The van der Waals surface area contributed by atoms with Gasteiger partial charge in [-0.05, 0) is 54.1 Å². The van der Waals surface area contributed by atoms with Crippen LogP contribution in [0, 0.1) is 0 Å². The fourth-order valence-electron chi connectivity index (χ4n) is 3.96. The van der Waals surface area contributed by atoms with Gasteiger partial charge in [0.25, 0.3) is 5.56 Å². The molecule has 0 unspecified atom stereocenters. The number of nitrogens with zero attached hydrogens (tertiary/aromatic N) is 2. The second-order valence-electron chi connectivity index (χ2n) is 7.88. The van der Waals surface area contributed by atoms with Gasteiger partial charge in [-0.25, -0.2) is 0 Å². The van der Waals surface area contributed by atoms with E-state index in [0.717, 1.165) is 5.56 Å². The van der Waals surface area contributed by atoms with E-state index >= 15 is 0 Å². The van der Waals surface area contributed by atoms with Crippen molar-refractivity contribution in [2.45, 2.75) is 6.54 Å². The first-order valence-electron chi connectivity index (χ1n) is 10.8. The summed E-state index contributed by atoms with van der Waals surface area (Å²) in [6.45, 7) is 0.202. The Morgan fingerprint density at radius 1 is 0.800 bits per heavy atom. The van der Waals surface area contributed by atoms with Gasteiger partial charge >= 0.3 is 0 Å². The molecule has 0 aliphatic heterocycles. The van der Waals surface area contributed by atoms with E-state index in [1.165, 1.54) is 11.7 Å². The van der Waals surface area contributed by atoms with Gasteiger partial charge in [0.1, 0.15) is 28.7 Å². The lowest BCUT2D eigenvalue weighted by Gasteiger charge is -2.14. The predicted octanol–water partition coefficient (Wildman–Crippen LogP) is 4.24. The molecule has 0 aliphatic rings. The van der Waals surface area contributed by atoms with Crippen LogP contribution in [0.15, 0.2) is 80.7 Å². The SMILES string of the molecule is COc1ccc(Cn2c(-c3ccc(OC)cc3)nc3oc4cc(OC)ccc4c(=O)c3c2=O)cc1. The molecular formula is C27H22N2O6. The van der Waals surface area contributed by atoms with Crippen molar-refractivity contribution in [3.05, 3.63) is 92.9 Å². The molecule has 8 nitrogen and oxygen atoms in total. The Morgan fingerprint density at radius 3 is 2.03 bits per heavy atom. The van der Waals surface area contributed by atoms with E-state index in [1.807, 2.05) is 24.3 Å². The molecule has 0 N–H and O–H groups in total. The van der Waals surface area contributed by atoms with Gasteiger partial charge < -0.3 is 18.6 Å². The van der Waals surface area contributed by atoms with Crippen LogP contribution in [-0.2, 0) is 6.54 Å². The van der Waals surface area contributed by atoms with Crippen LogP contribution in [0.3, 0.4) is 0 Å². The first-order valence-corrected chi connectivity index (χ1v) is 10.8. The first kappa shape index (κ1) is 22.2. The minimum absolute atomic E-state index is 0.0300. The van der Waals surface area contributed by atoms with E-state index in [9.17, 15) is 9.59 Å². The maximum Gasteiger partial charge on any atom is 0.269 e. The number of methoxy groups -OCH3 is 3. The molecule has 3 aromatic carbocycles. The average Bonchev–Trinajstić information content (AvgIpc) is 2.90. The van der Waals surface area contributed by atoms with Crippen molar-refractivity contribution >= 4 is 22.1 Å². The van der Waals surface area contributed by atoms with Crippen molar-refractivity contribution in [3.8, 4) is 28.6 Å². The third-order valence-corrected chi connectivity index (χ3v) is 5.85. The van der Waals surface area contributed by atoms with Gasteiger partial charge in [-0.15, -0.1) is 0 Å². The highest BCUT2D eigenvalue weighted by molar-refractivity contribution is 5.89. The standard InChI is InChI=1S/C27H22N2O6/c1-32-18-8-4-16(5-9-18)15-29-25(17-6-10-19(33-2)11-7-17)28-26-23(27(29)31)24(30)21-13-12-20(34-3)14-22(21)35-26/h4-14H,15H2,1-3H3. The molecule has 0 fully saturated rings. The molecule has 0 spiro atoms. The van der Waals surface area contributed by atoms with Crippen molar-refractivity contribution < 1.29 is 18.6 Å². The van der Waals surface area contributed by atoms with Crippen LogP contribution >= 0.6 is 0 Å². The number of aromatic nitrogens is 2. The van der Waals surface area contributed by atoms with Gasteiger partial charge in [0.2, 0.25) is 11.1 Å². The minimum atomic E-state index is -0.483. The second kappa shape index (κ2) is 8.98. The Labute approximate surface area is 199 Å². The van der Waals surface area contributed by atoms with Crippen molar-refractivity contribution in [1.29, 1.82) is 0 Å². The molecule has 5 rings (SSSR count). The Hall–Kier alpha value is -4.59. The van der Waals surface area contributed by atoms with Crippen molar-refractivity contribution in [2.24, 2.45) is 0 Å². The van der Waals surface area contributed by atoms with Crippen LogP contribution in [0.4, 0.5) is 0 Å². The lowest BCUT2D eigenvalue weighted by Crippen LogP contribution is -2.28. The lowest BCUT2D eigenvalue weighted by molar-refractivity contribution is 0.414. The summed E-state index contributed by atoms with van der Waals surface area (Å²) in [7, 11) is 4.70. The molecule has 2 aromatic heterocycles. The smallest absolute Gasteiger partial charge is 0.269 e. The minimum Gasteiger partial charge on any atom is -0.497 e. The second-order valence-corrected chi connectivity index (χ2v) is 7.88. The Balaban J connectivity index is 1.78. The number of benzene rings is 3. The van der Waals surface area contributed by atoms with Crippen molar-refractivity contribution in [1.82, 2.24) is 9.55 Å². The molecule has 35 heavy (non-hydrogen) atoms. The molecule has 2 heterocycles. The van der Waals surface area contributed by atoms with Gasteiger partial charge in [-0.2, -0.15) is 4.98 Å². The van der Waals surface area contributed by atoms with Crippen LogP contribution in [0.2, 0.25) is 0 Å². The van der Waals surface area contributed by atoms with Crippen LogP contribution in [-0.4, -0.2) is 30.9 Å². The first-order chi connectivity index (χ1) is 17.0. The Morgan fingerprint density at radius 2 is 1.40 bits per heavy atom. The molecule has 0 aliphatic carbocycles. The topological polar surface area (TPSA) is 92.8 Å². The summed E-state index contributed by atoms with van der Waals surface area (Å²) in [5.74, 6) is 2.27. The third-order valence-electron chi connectivity index (χ3n) is 5.85. The number of hydrogen-bond acceptors (Lipinski definition) is 7. The van der Waals surface area contributed by atoms with Gasteiger partial charge in [0.15, 0.2) is 5.39 Å². The summed E-state index contributed by atoms with van der Waals surface area (Å²) in [5.41, 5.74) is 0.861. The molecular weight excluding hydrogens is 448 g/mol. The van der Waals surface area contributed by atoms with Crippen LogP contribution in [0.5, 0.6) is 17.2 Å². The monoisotopic (exact) mass is 470 g/mol. The zero-order valence-electron chi connectivity index (χ0n) is 19.4. The normalized spacial score (nSPS) is 11.1. The summed E-state index contributed by atoms with van der Waals surface area (Å²) < 4.78 is 23.2. The Bertz CT molecular complexity index is 1650. The van der Waals surface area contributed by atoms with E-state index in [-0.39, 0.29) is 23.0 Å². The van der Waals surface area contributed by atoms with Crippen LogP contribution in [0.25, 0.3) is 33.5 Å². The zero-order chi connectivity index (χ0) is 24.5. The number of ether oxygens (including phenoxy) is 3. The highest BCUT2D eigenvalue weighted by Crippen LogP contribution is 2.25. The predicted molar refractivity (Wildman–Crippen MR) is 133 cm³/mol. The van der Waals surface area contributed by atoms with E-state index in [4.69, 9.17) is 18.6 Å². The van der Waals surface area contributed by atoms with E-state index < -0.39 is 11.0 Å². The lowest BCUT2D eigenvalue weighted by atomic mass is 10.1. The highest BCUT2D eigenvalue weighted by atomic mass is 16.5. The quantitative estimate of drug-likeness (QED) is 0.343. The fourth-order valence-corrected chi connectivity index (χ4v) is 3.96. The molecule has 0 radical (unpaired) electrons. The van der Waals surface area contributed by atoms with Crippen molar-refractivity contribution in [3.63, 3.8) is 0 Å². The summed E-state index contributed by atoms with van der Waals surface area (Å²) >= 11 is 0. The number of fused-ring (bicyclic) bond motifs is 2. The maximum atomic E-state index is 13.7. The van der Waals surface area contributed by atoms with Gasteiger partial charge in [0, 0.05) is 11.6 Å². The molecule has 0 atom stereocenters. The molecule has 8 heteroatoms. The Kier molecular flexibility index (Phi) is 5.70. The third kappa shape index (κ3) is 3.99. The van der Waals surface area contributed by atoms with E-state index in [1.54, 1.807) is 56.7 Å². The van der Waals surface area contributed by atoms with Gasteiger partial charge in [-0.3, -0.25) is 14.2 Å². The van der Waals surface area contributed by atoms with Crippen molar-refractivity contribution in [2.75, 3.05) is 21.3 Å². The fraction of sp³-hybridized carbons (Fsp3) is 0.148. The molecule has 0 amide bonds. The largest absolute Gasteiger partial charge is 0.497 e.